The van der Waals surface area contributed by atoms with Crippen molar-refractivity contribution in [1.29, 1.82) is 0 Å². The van der Waals surface area contributed by atoms with E-state index in [0.29, 0.717) is 0 Å². The van der Waals surface area contributed by atoms with Gasteiger partial charge in [0.15, 0.2) is 0 Å². The van der Waals surface area contributed by atoms with Crippen LogP contribution in [0.3, 0.4) is 0 Å². The second-order valence-electron chi connectivity index (χ2n) is 0.402. The predicted molar refractivity (Wildman–Crippen MR) is 14.9 cm³/mol. The monoisotopic (exact) mass is 68.1 g/mol. The van der Waals surface area contributed by atoms with E-state index in [-0.39, 0.29) is 20.3 Å². The largest absolute Gasteiger partial charge is 1.00 e. The van der Waals surface area contributed by atoms with Crippen LogP contribution >= 0.6 is 0 Å². The maximum atomic E-state index is 9.00. The van der Waals surface area contributed by atoms with Crippen LogP contribution in [0.4, 0.5) is 4.79 Å². The fourth-order valence-electron chi connectivity index (χ4n) is 0. The van der Waals surface area contributed by atoms with Crippen LogP contribution in [0.5, 0.6) is 0 Å². The summed E-state index contributed by atoms with van der Waals surface area (Å²) in [5.41, 5.74) is 8.50. The molecule has 0 atom stereocenters. The summed E-state index contributed by atoms with van der Waals surface area (Å²) < 4.78 is 0. The molecule has 0 aromatic rings. The predicted octanol–water partition coefficient (Wildman–Crippen LogP) is -3.86. The standard InChI is InChI=1S/CH4N2O.Li.H/c2-1(3)4;;/h(H4,2,3,4);;/q;+1;-1. The summed E-state index contributed by atoms with van der Waals surface area (Å²) >= 11 is 0. The summed E-state index contributed by atoms with van der Waals surface area (Å²) in [5.74, 6) is 0. The van der Waals surface area contributed by atoms with Crippen molar-refractivity contribution in [1.82, 2.24) is 0 Å². The van der Waals surface area contributed by atoms with E-state index in [1.807, 2.05) is 0 Å². The minimum atomic E-state index is -0.833. The topological polar surface area (TPSA) is 69.1 Å². The molecule has 0 saturated carbocycles. The van der Waals surface area contributed by atoms with Crippen molar-refractivity contribution in [2.45, 2.75) is 0 Å². The van der Waals surface area contributed by atoms with Gasteiger partial charge in [0.2, 0.25) is 0 Å². The molecule has 0 aromatic carbocycles. The third kappa shape index (κ3) is 767. The Kier molecular flexibility index (Phi) is 6.85. The number of amides is 2. The summed E-state index contributed by atoms with van der Waals surface area (Å²) in [6.07, 6.45) is 0. The number of rotatable bonds is 0. The molecule has 0 radical (unpaired) electrons. The number of primary amides is 2. The summed E-state index contributed by atoms with van der Waals surface area (Å²) in [5, 5.41) is 0. The number of nitrogens with two attached hydrogens (primary N) is 2. The second kappa shape index (κ2) is 3.87. The van der Waals surface area contributed by atoms with E-state index in [1.165, 1.54) is 0 Å². The van der Waals surface area contributed by atoms with Crippen LogP contribution in [-0.4, -0.2) is 6.03 Å². The van der Waals surface area contributed by atoms with Crippen LogP contribution in [-0.2, 0) is 0 Å². The van der Waals surface area contributed by atoms with Crippen LogP contribution in [0.25, 0.3) is 0 Å². The summed E-state index contributed by atoms with van der Waals surface area (Å²) in [6, 6.07) is -0.833. The van der Waals surface area contributed by atoms with Gasteiger partial charge in [-0.1, -0.05) is 0 Å². The van der Waals surface area contributed by atoms with Gasteiger partial charge in [0, 0.05) is 0 Å². The van der Waals surface area contributed by atoms with E-state index >= 15 is 0 Å². The third-order valence-corrected chi connectivity index (χ3v) is 0. The Morgan fingerprint density at radius 1 is 1.60 bits per heavy atom. The van der Waals surface area contributed by atoms with Gasteiger partial charge in [-0.3, -0.25) is 0 Å². The maximum absolute atomic E-state index is 9.00. The second-order valence-corrected chi connectivity index (χ2v) is 0.402. The molecule has 4 heteroatoms. The number of hydrogen-bond donors (Lipinski definition) is 2. The Morgan fingerprint density at radius 2 is 1.60 bits per heavy atom. The molecule has 2 amide bonds. The zero-order chi connectivity index (χ0) is 3.58. The summed E-state index contributed by atoms with van der Waals surface area (Å²) in [7, 11) is 0. The Labute approximate surface area is 43.4 Å². The number of carbonyl (C=O) groups excluding carboxylic acids is 1. The fraction of sp³-hybridized carbons (Fsp3) is 0. The Balaban J connectivity index is -0.0000000450. The quantitative estimate of drug-likeness (QED) is 0.280. The van der Waals surface area contributed by atoms with E-state index in [9.17, 15) is 0 Å². The Bertz CT molecular complexity index is 36.5. The van der Waals surface area contributed by atoms with E-state index in [2.05, 4.69) is 11.5 Å². The SMILES string of the molecule is NC(N)=O.[H-].[Li+]. The van der Waals surface area contributed by atoms with Gasteiger partial charge in [-0.2, -0.15) is 0 Å². The van der Waals surface area contributed by atoms with Gasteiger partial charge in [-0.05, 0) is 0 Å². The number of carbonyl (C=O) groups is 1. The number of hydrogen-bond acceptors (Lipinski definition) is 1. The average Bonchev–Trinajstić information content (AvgIpc) is 0.811. The first kappa shape index (κ1) is 8.85. The minimum absolute atomic E-state index is 0. The zero-order valence-corrected chi connectivity index (χ0v) is 3.06. The molecule has 3 nitrogen and oxygen atoms in total. The van der Waals surface area contributed by atoms with Crippen molar-refractivity contribution >= 4 is 6.03 Å². The van der Waals surface area contributed by atoms with Crippen molar-refractivity contribution in [3.63, 3.8) is 0 Å². The molecule has 0 rings (SSSR count). The molecular weight excluding hydrogens is 63.0 g/mol. The molecule has 5 heavy (non-hydrogen) atoms. The van der Waals surface area contributed by atoms with Gasteiger partial charge in [0.25, 0.3) is 0 Å². The molecule has 0 aliphatic heterocycles. The first-order chi connectivity index (χ1) is 1.73. The van der Waals surface area contributed by atoms with Crippen LogP contribution in [0.15, 0.2) is 0 Å². The van der Waals surface area contributed by atoms with Gasteiger partial charge in [0.1, 0.15) is 0 Å². The first-order valence-electron chi connectivity index (χ1n) is 0.781. The van der Waals surface area contributed by atoms with Crippen molar-refractivity contribution in [2.24, 2.45) is 11.5 Å². The van der Waals surface area contributed by atoms with Crippen molar-refractivity contribution in [3.8, 4) is 0 Å². The van der Waals surface area contributed by atoms with Gasteiger partial charge in [0.05, 0.1) is 0 Å². The van der Waals surface area contributed by atoms with Gasteiger partial charge < -0.3 is 12.9 Å². The van der Waals surface area contributed by atoms with Gasteiger partial charge >= 0.3 is 24.9 Å². The molecule has 0 saturated heterocycles. The molecule has 0 aliphatic rings. The smallest absolute Gasteiger partial charge is 1.00 e. The molecular formula is CH5LiN2O. The van der Waals surface area contributed by atoms with E-state index in [4.69, 9.17) is 4.79 Å². The van der Waals surface area contributed by atoms with Crippen LogP contribution in [0.2, 0.25) is 0 Å². The molecule has 0 aliphatic carbocycles. The molecule has 26 valence electrons. The molecule has 0 aromatic heterocycles. The van der Waals surface area contributed by atoms with Gasteiger partial charge in [-0.15, -0.1) is 0 Å². The Hall–Kier alpha value is -0.133. The summed E-state index contributed by atoms with van der Waals surface area (Å²) in [6.45, 7) is 0. The zero-order valence-electron chi connectivity index (χ0n) is 4.06. The van der Waals surface area contributed by atoms with E-state index < -0.39 is 6.03 Å². The van der Waals surface area contributed by atoms with E-state index in [0.717, 1.165) is 0 Å². The van der Waals surface area contributed by atoms with Crippen LogP contribution < -0.4 is 30.3 Å². The molecule has 0 unspecified atom stereocenters. The normalized spacial score (nSPS) is 4.80. The van der Waals surface area contributed by atoms with Crippen molar-refractivity contribution < 1.29 is 25.1 Å². The fourth-order valence-corrected chi connectivity index (χ4v) is 0. The molecule has 0 fully saturated rings. The van der Waals surface area contributed by atoms with Crippen LogP contribution in [0.1, 0.15) is 1.43 Å². The number of urea groups is 1. The average molecular weight is 68.0 g/mol. The van der Waals surface area contributed by atoms with Gasteiger partial charge in [-0.25, -0.2) is 4.79 Å². The molecule has 0 heterocycles. The third-order valence-electron chi connectivity index (χ3n) is 0. The first-order valence-corrected chi connectivity index (χ1v) is 0.781. The minimum Gasteiger partial charge on any atom is -1.00 e. The van der Waals surface area contributed by atoms with Crippen molar-refractivity contribution in [2.75, 3.05) is 0 Å². The van der Waals surface area contributed by atoms with E-state index in [1.54, 1.807) is 0 Å². The Morgan fingerprint density at radius 3 is 1.60 bits per heavy atom. The molecule has 4 N–H and O–H groups in total. The molecule has 0 bridgehead atoms. The van der Waals surface area contributed by atoms with Crippen molar-refractivity contribution in [3.05, 3.63) is 0 Å². The maximum Gasteiger partial charge on any atom is 1.00 e. The summed E-state index contributed by atoms with van der Waals surface area (Å²) in [4.78, 5) is 9.00. The van der Waals surface area contributed by atoms with Crippen LogP contribution in [0, 0.1) is 0 Å². The molecule has 0 spiro atoms.